The van der Waals surface area contributed by atoms with Crippen molar-refractivity contribution in [2.45, 2.75) is 13.3 Å². The number of amidine groups is 1. The van der Waals surface area contributed by atoms with Crippen LogP contribution in [0, 0.1) is 5.41 Å². The molecule has 0 aliphatic rings. The van der Waals surface area contributed by atoms with Gasteiger partial charge in [0.05, 0.1) is 13.3 Å². The summed E-state index contributed by atoms with van der Waals surface area (Å²) in [7, 11) is 1.61. The third-order valence-electron chi connectivity index (χ3n) is 2.88. The number of hydrogen-bond donors (Lipinski definition) is 2. The molecule has 2 rings (SSSR count). The molecular formula is C15H17N3O2. The fourth-order valence-electron chi connectivity index (χ4n) is 1.74. The Morgan fingerprint density at radius 3 is 2.60 bits per heavy atom. The monoisotopic (exact) mass is 271 g/mol. The van der Waals surface area contributed by atoms with Crippen molar-refractivity contribution in [3.05, 3.63) is 47.8 Å². The zero-order chi connectivity index (χ0) is 14.5. The molecule has 0 amide bonds. The third kappa shape index (κ3) is 3.06. The van der Waals surface area contributed by atoms with E-state index in [4.69, 9.17) is 20.6 Å². The Balaban J connectivity index is 2.23. The Hall–Kier alpha value is -2.56. The molecule has 0 saturated heterocycles. The largest absolute Gasteiger partial charge is 0.493 e. The number of benzene rings is 1. The van der Waals surface area contributed by atoms with Gasteiger partial charge in [0.2, 0.25) is 0 Å². The number of pyridine rings is 1. The van der Waals surface area contributed by atoms with Gasteiger partial charge in [-0.15, -0.1) is 0 Å². The zero-order valence-corrected chi connectivity index (χ0v) is 11.5. The van der Waals surface area contributed by atoms with Crippen molar-refractivity contribution in [1.82, 2.24) is 4.98 Å². The van der Waals surface area contributed by atoms with Crippen molar-refractivity contribution >= 4 is 5.84 Å². The summed E-state index contributed by atoms with van der Waals surface area (Å²) in [5.41, 5.74) is 6.96. The van der Waals surface area contributed by atoms with Crippen molar-refractivity contribution in [3.8, 4) is 17.2 Å². The lowest BCUT2D eigenvalue weighted by atomic mass is 10.1. The molecular weight excluding hydrogens is 254 g/mol. The molecule has 0 radical (unpaired) electrons. The van der Waals surface area contributed by atoms with Crippen molar-refractivity contribution in [1.29, 1.82) is 5.41 Å². The van der Waals surface area contributed by atoms with Gasteiger partial charge in [-0.25, -0.2) is 4.98 Å². The molecule has 0 saturated carbocycles. The Kier molecular flexibility index (Phi) is 4.20. The minimum Gasteiger partial charge on any atom is -0.493 e. The number of nitrogens with two attached hydrogens (primary N) is 1. The fourth-order valence-corrected chi connectivity index (χ4v) is 1.74. The SMILES string of the molecule is CCc1ccc(Oc2ccc(C(=N)N)nc2)c(OC)c1. The first-order valence-corrected chi connectivity index (χ1v) is 6.29. The standard InChI is InChI=1S/C15H17N3O2/c1-3-10-4-7-13(14(8-10)19-2)20-11-5-6-12(15(16)17)18-9-11/h4-9H,3H2,1-2H3,(H3,16,17). The maximum atomic E-state index is 7.29. The molecule has 1 aromatic carbocycles. The van der Waals surface area contributed by atoms with E-state index in [1.165, 1.54) is 11.8 Å². The van der Waals surface area contributed by atoms with Crippen LogP contribution in [-0.2, 0) is 6.42 Å². The average molecular weight is 271 g/mol. The second-order valence-corrected chi connectivity index (χ2v) is 4.23. The van der Waals surface area contributed by atoms with Crippen molar-refractivity contribution in [2.24, 2.45) is 5.73 Å². The highest BCUT2D eigenvalue weighted by Crippen LogP contribution is 2.32. The Labute approximate surface area is 117 Å². The molecule has 1 aromatic heterocycles. The molecule has 20 heavy (non-hydrogen) atoms. The molecule has 5 heteroatoms. The number of nitrogen functional groups attached to an aromatic ring is 1. The van der Waals surface area contributed by atoms with Gasteiger partial charge in [0.15, 0.2) is 11.5 Å². The highest BCUT2D eigenvalue weighted by molar-refractivity contribution is 5.92. The normalized spacial score (nSPS) is 10.1. The molecule has 2 aromatic rings. The van der Waals surface area contributed by atoms with Crippen LogP contribution in [0.2, 0.25) is 0 Å². The summed E-state index contributed by atoms with van der Waals surface area (Å²) in [5, 5.41) is 7.29. The molecule has 0 fully saturated rings. The van der Waals surface area contributed by atoms with E-state index in [0.717, 1.165) is 6.42 Å². The minimum absolute atomic E-state index is 0.0681. The summed E-state index contributed by atoms with van der Waals surface area (Å²) < 4.78 is 11.1. The predicted molar refractivity (Wildman–Crippen MR) is 77.7 cm³/mol. The van der Waals surface area contributed by atoms with E-state index in [9.17, 15) is 0 Å². The zero-order valence-electron chi connectivity index (χ0n) is 11.5. The summed E-state index contributed by atoms with van der Waals surface area (Å²) in [4.78, 5) is 4.05. The molecule has 0 aliphatic heterocycles. The quantitative estimate of drug-likeness (QED) is 0.647. The lowest BCUT2D eigenvalue weighted by molar-refractivity contribution is 0.378. The van der Waals surface area contributed by atoms with E-state index in [1.54, 1.807) is 19.2 Å². The average Bonchev–Trinajstić information content (AvgIpc) is 2.48. The van der Waals surface area contributed by atoms with E-state index >= 15 is 0 Å². The number of ether oxygens (including phenoxy) is 2. The maximum Gasteiger partial charge on any atom is 0.169 e. The van der Waals surface area contributed by atoms with E-state index in [-0.39, 0.29) is 5.84 Å². The van der Waals surface area contributed by atoms with Gasteiger partial charge in [-0.05, 0) is 36.2 Å². The van der Waals surface area contributed by atoms with Gasteiger partial charge in [-0.1, -0.05) is 13.0 Å². The van der Waals surface area contributed by atoms with Crippen LogP contribution in [0.5, 0.6) is 17.2 Å². The van der Waals surface area contributed by atoms with Crippen LogP contribution in [0.1, 0.15) is 18.2 Å². The van der Waals surface area contributed by atoms with E-state index in [1.807, 2.05) is 18.2 Å². The summed E-state index contributed by atoms with van der Waals surface area (Å²) in [6.45, 7) is 2.08. The number of hydrogen-bond acceptors (Lipinski definition) is 4. The summed E-state index contributed by atoms with van der Waals surface area (Å²) >= 11 is 0. The van der Waals surface area contributed by atoms with Crippen molar-refractivity contribution in [2.75, 3.05) is 7.11 Å². The summed E-state index contributed by atoms with van der Waals surface area (Å²) in [6, 6.07) is 9.18. The number of rotatable bonds is 5. The molecule has 5 nitrogen and oxygen atoms in total. The topological polar surface area (TPSA) is 81.2 Å². The number of aryl methyl sites for hydroxylation is 1. The highest BCUT2D eigenvalue weighted by atomic mass is 16.5. The fraction of sp³-hybridized carbons (Fsp3) is 0.200. The Bertz CT molecular complexity index is 609. The first-order valence-electron chi connectivity index (χ1n) is 6.29. The van der Waals surface area contributed by atoms with E-state index < -0.39 is 0 Å². The second kappa shape index (κ2) is 6.06. The smallest absolute Gasteiger partial charge is 0.169 e. The molecule has 0 spiro atoms. The number of nitrogens with one attached hydrogen (secondary N) is 1. The second-order valence-electron chi connectivity index (χ2n) is 4.23. The van der Waals surface area contributed by atoms with Gasteiger partial charge in [0.1, 0.15) is 17.3 Å². The third-order valence-corrected chi connectivity index (χ3v) is 2.88. The van der Waals surface area contributed by atoms with E-state index in [0.29, 0.717) is 22.9 Å². The maximum absolute atomic E-state index is 7.29. The van der Waals surface area contributed by atoms with Crippen molar-refractivity contribution < 1.29 is 9.47 Å². The summed E-state index contributed by atoms with van der Waals surface area (Å²) in [5.74, 6) is 1.81. The molecule has 0 atom stereocenters. The number of nitrogens with zero attached hydrogens (tertiary/aromatic N) is 1. The Morgan fingerprint density at radius 1 is 1.25 bits per heavy atom. The van der Waals surface area contributed by atoms with Gasteiger partial charge in [0.25, 0.3) is 0 Å². The van der Waals surface area contributed by atoms with Crippen LogP contribution in [-0.4, -0.2) is 17.9 Å². The van der Waals surface area contributed by atoms with Gasteiger partial charge >= 0.3 is 0 Å². The van der Waals surface area contributed by atoms with Gasteiger partial charge in [0, 0.05) is 0 Å². The first kappa shape index (κ1) is 13.9. The van der Waals surface area contributed by atoms with E-state index in [2.05, 4.69) is 11.9 Å². The molecule has 1 heterocycles. The molecule has 3 N–H and O–H groups in total. The summed E-state index contributed by atoms with van der Waals surface area (Å²) in [6.07, 6.45) is 2.47. The molecule has 104 valence electrons. The lowest BCUT2D eigenvalue weighted by Crippen LogP contribution is -2.12. The predicted octanol–water partition coefficient (Wildman–Crippen LogP) is 2.73. The van der Waals surface area contributed by atoms with Gasteiger partial charge in [-0.3, -0.25) is 5.41 Å². The Morgan fingerprint density at radius 2 is 2.05 bits per heavy atom. The van der Waals surface area contributed by atoms with Crippen LogP contribution >= 0.6 is 0 Å². The number of methoxy groups -OCH3 is 1. The number of aromatic nitrogens is 1. The molecule has 0 bridgehead atoms. The van der Waals surface area contributed by atoms with Crippen LogP contribution in [0.15, 0.2) is 36.5 Å². The molecule has 0 aliphatic carbocycles. The van der Waals surface area contributed by atoms with Crippen LogP contribution < -0.4 is 15.2 Å². The lowest BCUT2D eigenvalue weighted by Gasteiger charge is -2.11. The van der Waals surface area contributed by atoms with Crippen LogP contribution in [0.3, 0.4) is 0 Å². The first-order chi connectivity index (χ1) is 9.63. The van der Waals surface area contributed by atoms with Gasteiger partial charge in [-0.2, -0.15) is 0 Å². The highest BCUT2D eigenvalue weighted by Gasteiger charge is 2.07. The van der Waals surface area contributed by atoms with Crippen molar-refractivity contribution in [3.63, 3.8) is 0 Å². The van der Waals surface area contributed by atoms with Gasteiger partial charge < -0.3 is 15.2 Å². The van der Waals surface area contributed by atoms with Crippen LogP contribution in [0.4, 0.5) is 0 Å². The van der Waals surface area contributed by atoms with Crippen LogP contribution in [0.25, 0.3) is 0 Å². The molecule has 0 unspecified atom stereocenters. The minimum atomic E-state index is -0.0681.